The van der Waals surface area contributed by atoms with Crippen LogP contribution < -0.4 is 11.1 Å². The molecule has 1 aliphatic heterocycles. The van der Waals surface area contributed by atoms with E-state index >= 15 is 0 Å². The lowest BCUT2D eigenvalue weighted by atomic mass is 10.2. The predicted molar refractivity (Wildman–Crippen MR) is 67.3 cm³/mol. The quantitative estimate of drug-likeness (QED) is 0.816. The van der Waals surface area contributed by atoms with E-state index in [4.69, 9.17) is 11.0 Å². The van der Waals surface area contributed by atoms with Crippen LogP contribution in [0.2, 0.25) is 0 Å². The number of nitrogen functional groups attached to an aromatic ring is 1. The van der Waals surface area contributed by atoms with Crippen LogP contribution in [0.5, 0.6) is 0 Å². The highest BCUT2D eigenvalue weighted by Crippen LogP contribution is 2.21. The van der Waals surface area contributed by atoms with Crippen molar-refractivity contribution in [1.29, 1.82) is 5.26 Å². The SMILES string of the molecule is N#Cc1nc(NC2CCCSC2)ccc1N. The lowest BCUT2D eigenvalue weighted by Crippen LogP contribution is -2.26. The van der Waals surface area contributed by atoms with Gasteiger partial charge in [0.25, 0.3) is 0 Å². The van der Waals surface area contributed by atoms with Crippen LogP contribution in [0.25, 0.3) is 0 Å². The summed E-state index contributed by atoms with van der Waals surface area (Å²) < 4.78 is 0. The average Bonchev–Trinajstić information content (AvgIpc) is 2.33. The van der Waals surface area contributed by atoms with E-state index in [0.717, 1.165) is 11.6 Å². The van der Waals surface area contributed by atoms with Gasteiger partial charge in [0.15, 0.2) is 5.69 Å². The van der Waals surface area contributed by atoms with E-state index in [9.17, 15) is 0 Å². The molecule has 0 aliphatic carbocycles. The zero-order valence-corrected chi connectivity index (χ0v) is 9.76. The van der Waals surface area contributed by atoms with Gasteiger partial charge in [-0.1, -0.05) is 0 Å². The second-order valence-corrected chi connectivity index (χ2v) is 4.95. The fourth-order valence-corrected chi connectivity index (χ4v) is 2.78. The van der Waals surface area contributed by atoms with Gasteiger partial charge < -0.3 is 11.1 Å². The first kappa shape index (κ1) is 11.1. The van der Waals surface area contributed by atoms with E-state index in [1.807, 2.05) is 23.9 Å². The highest BCUT2D eigenvalue weighted by Gasteiger charge is 2.14. The molecule has 5 heteroatoms. The fraction of sp³-hybridized carbons (Fsp3) is 0.455. The Labute approximate surface area is 99.2 Å². The average molecular weight is 234 g/mol. The third-order valence-electron chi connectivity index (χ3n) is 2.54. The van der Waals surface area contributed by atoms with Gasteiger partial charge in [0.2, 0.25) is 0 Å². The Kier molecular flexibility index (Phi) is 3.52. The van der Waals surface area contributed by atoms with Crippen LogP contribution in [-0.2, 0) is 0 Å². The van der Waals surface area contributed by atoms with Gasteiger partial charge in [-0.25, -0.2) is 4.98 Å². The Hall–Kier alpha value is -1.41. The molecule has 1 aliphatic rings. The van der Waals surface area contributed by atoms with E-state index in [1.165, 1.54) is 18.6 Å². The normalized spacial score (nSPS) is 20.1. The first-order valence-corrected chi connectivity index (χ1v) is 6.46. The number of nitrogens with two attached hydrogens (primary N) is 1. The van der Waals surface area contributed by atoms with Crippen molar-refractivity contribution >= 4 is 23.3 Å². The Morgan fingerprint density at radius 3 is 3.12 bits per heavy atom. The summed E-state index contributed by atoms with van der Waals surface area (Å²) in [5, 5.41) is 12.2. The van der Waals surface area contributed by atoms with E-state index in [0.29, 0.717) is 17.4 Å². The lowest BCUT2D eigenvalue weighted by Gasteiger charge is -2.23. The third-order valence-corrected chi connectivity index (χ3v) is 3.76. The smallest absolute Gasteiger partial charge is 0.165 e. The Bertz CT molecular complexity index is 407. The molecular formula is C11H14N4S. The van der Waals surface area contributed by atoms with Crippen LogP contribution in [0.1, 0.15) is 18.5 Å². The molecule has 1 fully saturated rings. The second-order valence-electron chi connectivity index (χ2n) is 3.80. The lowest BCUT2D eigenvalue weighted by molar-refractivity contribution is 0.682. The number of hydrogen-bond donors (Lipinski definition) is 2. The number of nitrogens with zero attached hydrogens (tertiary/aromatic N) is 2. The number of hydrogen-bond acceptors (Lipinski definition) is 5. The fourth-order valence-electron chi connectivity index (χ4n) is 1.70. The van der Waals surface area contributed by atoms with Gasteiger partial charge in [0, 0.05) is 11.8 Å². The largest absolute Gasteiger partial charge is 0.396 e. The number of anilines is 2. The minimum atomic E-state index is 0.300. The second kappa shape index (κ2) is 5.08. The molecule has 3 N–H and O–H groups in total. The summed E-state index contributed by atoms with van der Waals surface area (Å²) in [6, 6.07) is 6.01. The highest BCUT2D eigenvalue weighted by molar-refractivity contribution is 7.99. The van der Waals surface area contributed by atoms with Crippen molar-refractivity contribution in [2.45, 2.75) is 18.9 Å². The minimum absolute atomic E-state index is 0.300. The number of rotatable bonds is 2. The molecule has 1 aromatic rings. The van der Waals surface area contributed by atoms with Crippen molar-refractivity contribution in [3.05, 3.63) is 17.8 Å². The molecule has 0 saturated carbocycles. The van der Waals surface area contributed by atoms with Gasteiger partial charge in [-0.05, 0) is 30.7 Å². The van der Waals surface area contributed by atoms with Crippen molar-refractivity contribution in [2.24, 2.45) is 0 Å². The molecule has 0 radical (unpaired) electrons. The zero-order valence-electron chi connectivity index (χ0n) is 8.94. The van der Waals surface area contributed by atoms with Crippen molar-refractivity contribution in [3.8, 4) is 6.07 Å². The molecule has 1 unspecified atom stereocenters. The molecule has 4 nitrogen and oxygen atoms in total. The molecular weight excluding hydrogens is 220 g/mol. The maximum absolute atomic E-state index is 8.82. The Morgan fingerprint density at radius 1 is 1.56 bits per heavy atom. The van der Waals surface area contributed by atoms with E-state index < -0.39 is 0 Å². The molecule has 2 heterocycles. The topological polar surface area (TPSA) is 74.7 Å². The summed E-state index contributed by atoms with van der Waals surface area (Å²) >= 11 is 1.96. The third kappa shape index (κ3) is 2.58. The van der Waals surface area contributed by atoms with Gasteiger partial charge in [-0.15, -0.1) is 0 Å². The van der Waals surface area contributed by atoms with Gasteiger partial charge in [0.1, 0.15) is 11.9 Å². The maximum atomic E-state index is 8.82. The van der Waals surface area contributed by atoms with Gasteiger partial charge in [-0.2, -0.15) is 17.0 Å². The molecule has 0 bridgehead atoms. The maximum Gasteiger partial charge on any atom is 0.165 e. The number of aromatic nitrogens is 1. The molecule has 1 aromatic heterocycles. The van der Waals surface area contributed by atoms with E-state index in [-0.39, 0.29) is 0 Å². The van der Waals surface area contributed by atoms with Crippen LogP contribution in [0, 0.1) is 11.3 Å². The Balaban J connectivity index is 2.06. The molecule has 0 spiro atoms. The molecule has 1 atom stereocenters. The number of pyridine rings is 1. The summed E-state index contributed by atoms with van der Waals surface area (Å²) in [5.74, 6) is 3.10. The van der Waals surface area contributed by atoms with Crippen molar-refractivity contribution in [3.63, 3.8) is 0 Å². The first-order chi connectivity index (χ1) is 7.79. The first-order valence-electron chi connectivity index (χ1n) is 5.30. The Morgan fingerprint density at radius 2 is 2.44 bits per heavy atom. The minimum Gasteiger partial charge on any atom is -0.396 e. The van der Waals surface area contributed by atoms with Crippen LogP contribution >= 0.6 is 11.8 Å². The van der Waals surface area contributed by atoms with Crippen LogP contribution in [0.15, 0.2) is 12.1 Å². The number of thioether (sulfide) groups is 1. The van der Waals surface area contributed by atoms with Crippen molar-refractivity contribution in [1.82, 2.24) is 4.98 Å². The molecule has 84 valence electrons. The van der Waals surface area contributed by atoms with Crippen molar-refractivity contribution in [2.75, 3.05) is 22.6 Å². The van der Waals surface area contributed by atoms with Crippen molar-refractivity contribution < 1.29 is 0 Å². The number of nitriles is 1. The molecule has 2 rings (SSSR count). The molecule has 0 aromatic carbocycles. The summed E-state index contributed by atoms with van der Waals surface area (Å²) in [4.78, 5) is 4.18. The van der Waals surface area contributed by atoms with Crippen LogP contribution in [0.3, 0.4) is 0 Å². The van der Waals surface area contributed by atoms with E-state index in [2.05, 4.69) is 10.3 Å². The highest BCUT2D eigenvalue weighted by atomic mass is 32.2. The van der Waals surface area contributed by atoms with Gasteiger partial charge in [0.05, 0.1) is 5.69 Å². The molecule has 0 amide bonds. The monoisotopic (exact) mass is 234 g/mol. The zero-order chi connectivity index (χ0) is 11.4. The van der Waals surface area contributed by atoms with Gasteiger partial charge in [-0.3, -0.25) is 0 Å². The van der Waals surface area contributed by atoms with Crippen LogP contribution in [-0.4, -0.2) is 22.5 Å². The summed E-state index contributed by atoms with van der Waals surface area (Å²) in [6.07, 6.45) is 2.41. The van der Waals surface area contributed by atoms with Crippen LogP contribution in [0.4, 0.5) is 11.5 Å². The predicted octanol–water partition coefficient (Wildman–Crippen LogP) is 1.84. The van der Waals surface area contributed by atoms with E-state index in [1.54, 1.807) is 6.07 Å². The molecule has 16 heavy (non-hydrogen) atoms. The summed E-state index contributed by atoms with van der Waals surface area (Å²) in [7, 11) is 0. The standard InChI is InChI=1S/C11H14N4S/c12-6-10-9(13)3-4-11(15-10)14-8-2-1-5-16-7-8/h3-4,8H,1-2,5,7,13H2,(H,14,15). The molecule has 1 saturated heterocycles. The number of nitrogens with one attached hydrogen (secondary N) is 1. The summed E-state index contributed by atoms with van der Waals surface area (Å²) in [6.45, 7) is 0. The van der Waals surface area contributed by atoms with Gasteiger partial charge >= 0.3 is 0 Å². The summed E-state index contributed by atoms with van der Waals surface area (Å²) in [5.41, 5.74) is 6.35.